The van der Waals surface area contributed by atoms with E-state index in [1.807, 2.05) is 13.8 Å². The van der Waals surface area contributed by atoms with Crippen molar-refractivity contribution in [3.8, 4) is 5.75 Å². The number of benzene rings is 1. The summed E-state index contributed by atoms with van der Waals surface area (Å²) in [7, 11) is 0. The Hall–Kier alpha value is -1.62. The second kappa shape index (κ2) is 7.24. The van der Waals surface area contributed by atoms with Crippen LogP contribution in [0.3, 0.4) is 0 Å². The van der Waals surface area contributed by atoms with Crippen LogP contribution in [0.2, 0.25) is 0 Å². The highest BCUT2D eigenvalue weighted by atomic mass is 19.1. The quantitative estimate of drug-likeness (QED) is 0.806. The molecule has 5 heteroatoms. The van der Waals surface area contributed by atoms with E-state index in [9.17, 15) is 9.18 Å². The Morgan fingerprint density at radius 2 is 2.10 bits per heavy atom. The SMILES string of the molecule is CC(Oc1ccccc1F)C(=O)NCC(C)(C)CCO. The molecule has 2 N–H and O–H groups in total. The van der Waals surface area contributed by atoms with E-state index < -0.39 is 11.9 Å². The van der Waals surface area contributed by atoms with E-state index >= 15 is 0 Å². The number of para-hydroxylation sites is 1. The van der Waals surface area contributed by atoms with Gasteiger partial charge in [0, 0.05) is 13.2 Å². The maximum atomic E-state index is 13.4. The lowest BCUT2D eigenvalue weighted by Crippen LogP contribution is -2.41. The fourth-order valence-corrected chi connectivity index (χ4v) is 1.65. The summed E-state index contributed by atoms with van der Waals surface area (Å²) in [6.07, 6.45) is -0.188. The van der Waals surface area contributed by atoms with Crippen molar-refractivity contribution >= 4 is 5.91 Å². The van der Waals surface area contributed by atoms with Crippen molar-refractivity contribution in [1.29, 1.82) is 0 Å². The Morgan fingerprint density at radius 1 is 1.45 bits per heavy atom. The van der Waals surface area contributed by atoms with Crippen molar-refractivity contribution in [3.05, 3.63) is 30.1 Å². The zero-order valence-electron chi connectivity index (χ0n) is 12.1. The van der Waals surface area contributed by atoms with Crippen molar-refractivity contribution in [3.63, 3.8) is 0 Å². The van der Waals surface area contributed by atoms with Crippen molar-refractivity contribution in [1.82, 2.24) is 5.32 Å². The third-order valence-corrected chi connectivity index (χ3v) is 3.04. The molecule has 1 atom stereocenters. The highest BCUT2D eigenvalue weighted by Gasteiger charge is 2.21. The Morgan fingerprint density at radius 3 is 2.70 bits per heavy atom. The highest BCUT2D eigenvalue weighted by Crippen LogP contribution is 2.19. The minimum atomic E-state index is -0.781. The Labute approximate surface area is 119 Å². The molecule has 0 saturated carbocycles. The number of hydrogen-bond acceptors (Lipinski definition) is 3. The Balaban J connectivity index is 2.50. The lowest BCUT2D eigenvalue weighted by molar-refractivity contribution is -0.127. The first kappa shape index (κ1) is 16.4. The van der Waals surface area contributed by atoms with Crippen molar-refractivity contribution in [2.75, 3.05) is 13.2 Å². The number of ether oxygens (including phenoxy) is 1. The van der Waals surface area contributed by atoms with Crippen LogP contribution in [0.4, 0.5) is 4.39 Å². The molecule has 1 amide bonds. The molecule has 0 aliphatic rings. The van der Waals surface area contributed by atoms with Crippen LogP contribution >= 0.6 is 0 Å². The summed E-state index contributed by atoms with van der Waals surface area (Å²) in [5.74, 6) is -0.739. The zero-order chi connectivity index (χ0) is 15.2. The first-order valence-electron chi connectivity index (χ1n) is 6.65. The fourth-order valence-electron chi connectivity index (χ4n) is 1.65. The summed E-state index contributed by atoms with van der Waals surface area (Å²) in [6.45, 7) is 5.97. The maximum Gasteiger partial charge on any atom is 0.260 e. The van der Waals surface area contributed by atoms with Crippen molar-refractivity contribution < 1.29 is 19.0 Å². The van der Waals surface area contributed by atoms with Crippen LogP contribution < -0.4 is 10.1 Å². The van der Waals surface area contributed by atoms with E-state index in [0.29, 0.717) is 13.0 Å². The number of hydrogen-bond donors (Lipinski definition) is 2. The van der Waals surface area contributed by atoms with E-state index in [2.05, 4.69) is 5.32 Å². The molecule has 112 valence electrons. The average molecular weight is 283 g/mol. The third kappa shape index (κ3) is 5.17. The normalized spacial score (nSPS) is 12.8. The van der Waals surface area contributed by atoms with Gasteiger partial charge in [-0.15, -0.1) is 0 Å². The molecule has 0 radical (unpaired) electrons. The molecule has 0 fully saturated rings. The summed E-state index contributed by atoms with van der Waals surface area (Å²) in [5, 5.41) is 11.7. The number of carbonyl (C=O) groups is 1. The molecule has 0 heterocycles. The molecule has 0 bridgehead atoms. The summed E-state index contributed by atoms with van der Waals surface area (Å²) >= 11 is 0. The van der Waals surface area contributed by atoms with E-state index in [0.717, 1.165) is 0 Å². The molecular weight excluding hydrogens is 261 g/mol. The van der Waals surface area contributed by atoms with Gasteiger partial charge in [0.05, 0.1) is 0 Å². The molecule has 4 nitrogen and oxygen atoms in total. The molecular formula is C15H22FNO3. The van der Waals surface area contributed by atoms with E-state index in [1.165, 1.54) is 12.1 Å². The second-order valence-electron chi connectivity index (χ2n) is 5.55. The summed E-state index contributed by atoms with van der Waals surface area (Å²) in [6, 6.07) is 5.97. The first-order valence-corrected chi connectivity index (χ1v) is 6.65. The molecule has 1 rings (SSSR count). The minimum Gasteiger partial charge on any atom is -0.478 e. The van der Waals surface area contributed by atoms with Gasteiger partial charge in [0.1, 0.15) is 0 Å². The lowest BCUT2D eigenvalue weighted by atomic mass is 9.90. The van der Waals surface area contributed by atoms with Gasteiger partial charge in [-0.25, -0.2) is 4.39 Å². The van der Waals surface area contributed by atoms with Crippen LogP contribution in [-0.4, -0.2) is 30.3 Å². The number of rotatable bonds is 7. The first-order chi connectivity index (χ1) is 9.35. The molecule has 0 aromatic heterocycles. The second-order valence-corrected chi connectivity index (χ2v) is 5.55. The van der Waals surface area contributed by atoms with Gasteiger partial charge in [-0.3, -0.25) is 4.79 Å². The van der Waals surface area contributed by atoms with Crippen LogP contribution in [0, 0.1) is 11.2 Å². The average Bonchev–Trinajstić information content (AvgIpc) is 2.38. The number of aliphatic hydroxyl groups is 1. The standard InChI is InChI=1S/C15H22FNO3/c1-11(20-13-7-5-4-6-12(13)16)14(19)17-10-15(2,3)8-9-18/h4-7,11,18H,8-10H2,1-3H3,(H,17,19). The van der Waals surface area contributed by atoms with Gasteiger partial charge in [-0.05, 0) is 30.9 Å². The predicted octanol–water partition coefficient (Wildman–Crippen LogP) is 2.12. The van der Waals surface area contributed by atoms with Gasteiger partial charge in [0.15, 0.2) is 17.7 Å². The van der Waals surface area contributed by atoms with Gasteiger partial charge in [-0.2, -0.15) is 0 Å². The van der Waals surface area contributed by atoms with Crippen molar-refractivity contribution in [2.45, 2.75) is 33.3 Å². The number of aliphatic hydroxyl groups excluding tert-OH is 1. The van der Waals surface area contributed by atoms with E-state index in [1.54, 1.807) is 19.1 Å². The number of nitrogens with one attached hydrogen (secondary N) is 1. The van der Waals surface area contributed by atoms with E-state index in [4.69, 9.17) is 9.84 Å². The predicted molar refractivity (Wildman–Crippen MR) is 75.0 cm³/mol. The third-order valence-electron chi connectivity index (χ3n) is 3.04. The number of amides is 1. The van der Waals surface area contributed by atoms with Crippen LogP contribution in [0.5, 0.6) is 5.75 Å². The maximum absolute atomic E-state index is 13.4. The van der Waals surface area contributed by atoms with Crippen molar-refractivity contribution in [2.24, 2.45) is 5.41 Å². The van der Waals surface area contributed by atoms with Crippen LogP contribution in [-0.2, 0) is 4.79 Å². The van der Waals surface area contributed by atoms with Gasteiger partial charge in [0.2, 0.25) is 0 Å². The summed E-state index contributed by atoms with van der Waals surface area (Å²) in [5.41, 5.74) is -0.192. The summed E-state index contributed by atoms with van der Waals surface area (Å²) < 4.78 is 18.7. The minimum absolute atomic E-state index is 0.0600. The molecule has 0 aliphatic heterocycles. The Kier molecular flexibility index (Phi) is 5.95. The number of halogens is 1. The van der Waals surface area contributed by atoms with E-state index in [-0.39, 0.29) is 23.7 Å². The lowest BCUT2D eigenvalue weighted by Gasteiger charge is -2.25. The molecule has 0 aliphatic carbocycles. The molecule has 1 aromatic rings. The Bertz CT molecular complexity index is 448. The monoisotopic (exact) mass is 283 g/mol. The highest BCUT2D eigenvalue weighted by molar-refractivity contribution is 5.80. The largest absolute Gasteiger partial charge is 0.478 e. The molecule has 20 heavy (non-hydrogen) atoms. The van der Waals surface area contributed by atoms with Crippen LogP contribution in [0.15, 0.2) is 24.3 Å². The van der Waals surface area contributed by atoms with Gasteiger partial charge < -0.3 is 15.2 Å². The van der Waals surface area contributed by atoms with Gasteiger partial charge in [0.25, 0.3) is 5.91 Å². The van der Waals surface area contributed by atoms with Crippen LogP contribution in [0.25, 0.3) is 0 Å². The number of carbonyl (C=O) groups excluding carboxylic acids is 1. The van der Waals surface area contributed by atoms with Gasteiger partial charge >= 0.3 is 0 Å². The molecule has 0 saturated heterocycles. The van der Waals surface area contributed by atoms with Gasteiger partial charge in [-0.1, -0.05) is 26.0 Å². The smallest absolute Gasteiger partial charge is 0.260 e. The van der Waals surface area contributed by atoms with Crippen LogP contribution in [0.1, 0.15) is 27.2 Å². The molecule has 1 aromatic carbocycles. The fraction of sp³-hybridized carbons (Fsp3) is 0.533. The zero-order valence-corrected chi connectivity index (χ0v) is 12.1. The topological polar surface area (TPSA) is 58.6 Å². The molecule has 0 spiro atoms. The molecule has 1 unspecified atom stereocenters. The summed E-state index contributed by atoms with van der Waals surface area (Å²) in [4.78, 5) is 11.9.